The first-order valence-corrected chi connectivity index (χ1v) is 6.99. The molecule has 26 heavy (non-hydrogen) atoms. The van der Waals surface area contributed by atoms with Crippen LogP contribution in [0, 0.1) is 17.5 Å². The summed E-state index contributed by atoms with van der Waals surface area (Å²) in [5.74, 6) is -7.37. The van der Waals surface area contributed by atoms with Gasteiger partial charge in [0.05, 0.1) is 23.4 Å². The second kappa shape index (κ2) is 7.46. The second-order valence-corrected chi connectivity index (χ2v) is 5.00. The highest BCUT2D eigenvalue weighted by Crippen LogP contribution is 2.34. The molecule has 0 spiro atoms. The van der Waals surface area contributed by atoms with Gasteiger partial charge in [-0.1, -0.05) is 12.1 Å². The van der Waals surface area contributed by atoms with Gasteiger partial charge in [0.25, 0.3) is 5.91 Å². The Kier molecular flexibility index (Phi) is 5.53. The van der Waals surface area contributed by atoms with Gasteiger partial charge in [-0.2, -0.15) is 13.2 Å². The van der Waals surface area contributed by atoms with Gasteiger partial charge in [-0.05, 0) is 24.3 Å². The highest BCUT2D eigenvalue weighted by atomic mass is 19.4. The van der Waals surface area contributed by atoms with Crippen LogP contribution in [0.5, 0.6) is 0 Å². The van der Waals surface area contributed by atoms with Crippen LogP contribution in [0.4, 0.5) is 32.0 Å². The van der Waals surface area contributed by atoms with Gasteiger partial charge in [0.2, 0.25) is 5.91 Å². The molecule has 0 atom stereocenters. The molecule has 0 aromatic heterocycles. The zero-order valence-electron chi connectivity index (χ0n) is 12.8. The summed E-state index contributed by atoms with van der Waals surface area (Å²) in [7, 11) is 0. The van der Waals surface area contributed by atoms with Crippen LogP contribution >= 0.6 is 0 Å². The number of rotatable bonds is 4. The fourth-order valence-corrected chi connectivity index (χ4v) is 1.99. The SMILES string of the molecule is O=C(CNC(=O)c1ccc(F)c(F)c1F)Nc1ccccc1C(F)(F)F. The summed E-state index contributed by atoms with van der Waals surface area (Å²) < 4.78 is 77.8. The normalized spacial score (nSPS) is 11.2. The molecule has 138 valence electrons. The molecule has 0 heterocycles. The summed E-state index contributed by atoms with van der Waals surface area (Å²) in [6, 6.07) is 5.35. The highest BCUT2D eigenvalue weighted by molar-refractivity contribution is 5.99. The Balaban J connectivity index is 2.04. The summed E-state index contributed by atoms with van der Waals surface area (Å²) in [6.07, 6.45) is -4.71. The number of carbonyl (C=O) groups excluding carboxylic acids is 2. The van der Waals surface area contributed by atoms with Gasteiger partial charge in [-0.25, -0.2) is 13.2 Å². The number of benzene rings is 2. The molecular formula is C16H10F6N2O2. The van der Waals surface area contributed by atoms with Crippen LogP contribution in [0.25, 0.3) is 0 Å². The van der Waals surface area contributed by atoms with Crippen molar-refractivity contribution < 1.29 is 35.9 Å². The number of nitrogens with one attached hydrogen (secondary N) is 2. The third kappa shape index (κ3) is 4.32. The maximum absolute atomic E-state index is 13.5. The van der Waals surface area contributed by atoms with Gasteiger partial charge in [-0.3, -0.25) is 9.59 Å². The number of carbonyl (C=O) groups is 2. The highest BCUT2D eigenvalue weighted by Gasteiger charge is 2.33. The number of hydrogen-bond donors (Lipinski definition) is 2. The number of hydrogen-bond acceptors (Lipinski definition) is 2. The fourth-order valence-electron chi connectivity index (χ4n) is 1.99. The lowest BCUT2D eigenvalue weighted by molar-refractivity contribution is -0.137. The third-order valence-corrected chi connectivity index (χ3v) is 3.20. The number of anilines is 1. The van der Waals surface area contributed by atoms with Crippen molar-refractivity contribution in [3.8, 4) is 0 Å². The van der Waals surface area contributed by atoms with Gasteiger partial charge in [0.1, 0.15) is 0 Å². The van der Waals surface area contributed by atoms with E-state index in [9.17, 15) is 35.9 Å². The van der Waals surface area contributed by atoms with E-state index in [1.807, 2.05) is 10.6 Å². The van der Waals surface area contributed by atoms with Crippen LogP contribution in [-0.2, 0) is 11.0 Å². The first-order valence-electron chi connectivity index (χ1n) is 6.99. The summed E-state index contributed by atoms with van der Waals surface area (Å²) in [6.45, 7) is -0.816. The molecule has 0 aliphatic carbocycles. The molecule has 2 rings (SSSR count). The number of amides is 2. The van der Waals surface area contributed by atoms with Gasteiger partial charge in [0.15, 0.2) is 17.5 Å². The van der Waals surface area contributed by atoms with Gasteiger partial charge < -0.3 is 10.6 Å². The Bertz CT molecular complexity index is 851. The fraction of sp³-hybridized carbons (Fsp3) is 0.125. The molecule has 0 radical (unpaired) electrons. The van der Waals surface area contributed by atoms with Crippen LogP contribution in [0.1, 0.15) is 15.9 Å². The molecule has 0 aliphatic heterocycles. The smallest absolute Gasteiger partial charge is 0.343 e. The summed E-state index contributed by atoms with van der Waals surface area (Å²) in [5, 5.41) is 3.86. The van der Waals surface area contributed by atoms with Crippen molar-refractivity contribution >= 4 is 17.5 Å². The van der Waals surface area contributed by atoms with E-state index >= 15 is 0 Å². The molecule has 0 aliphatic rings. The minimum Gasteiger partial charge on any atom is -0.343 e. The molecule has 0 bridgehead atoms. The predicted octanol–water partition coefficient (Wildman–Crippen LogP) is 3.49. The van der Waals surface area contributed by atoms with Crippen molar-refractivity contribution in [2.45, 2.75) is 6.18 Å². The predicted molar refractivity (Wildman–Crippen MR) is 78.7 cm³/mol. The topological polar surface area (TPSA) is 58.2 Å². The Morgan fingerprint density at radius 3 is 2.23 bits per heavy atom. The van der Waals surface area contributed by atoms with E-state index in [0.717, 1.165) is 18.2 Å². The van der Waals surface area contributed by atoms with Gasteiger partial charge in [-0.15, -0.1) is 0 Å². The average Bonchev–Trinajstić information content (AvgIpc) is 2.57. The van der Waals surface area contributed by atoms with Crippen LogP contribution in [0.2, 0.25) is 0 Å². The molecule has 2 aromatic carbocycles. The van der Waals surface area contributed by atoms with Crippen molar-refractivity contribution in [3.63, 3.8) is 0 Å². The Morgan fingerprint density at radius 2 is 1.58 bits per heavy atom. The van der Waals surface area contributed by atoms with Crippen LogP contribution < -0.4 is 10.6 Å². The van der Waals surface area contributed by atoms with E-state index in [-0.39, 0.29) is 0 Å². The lowest BCUT2D eigenvalue weighted by atomic mass is 10.1. The van der Waals surface area contributed by atoms with E-state index < -0.39 is 58.8 Å². The van der Waals surface area contributed by atoms with Crippen molar-refractivity contribution in [1.82, 2.24) is 5.32 Å². The standard InChI is InChI=1S/C16H10F6N2O2/c17-10-6-5-8(13(18)14(10)19)15(26)23-7-12(25)24-11-4-2-1-3-9(11)16(20,21)22/h1-6H,7H2,(H,23,26)(H,24,25). The van der Waals surface area contributed by atoms with Gasteiger partial charge >= 0.3 is 6.18 Å². The molecule has 2 N–H and O–H groups in total. The number of alkyl halides is 3. The molecular weight excluding hydrogens is 366 g/mol. The van der Waals surface area contributed by atoms with Gasteiger partial charge in [0, 0.05) is 0 Å². The van der Waals surface area contributed by atoms with E-state index in [4.69, 9.17) is 0 Å². The van der Waals surface area contributed by atoms with Crippen molar-refractivity contribution in [1.29, 1.82) is 0 Å². The van der Waals surface area contributed by atoms with Crippen molar-refractivity contribution in [2.75, 3.05) is 11.9 Å². The molecule has 0 unspecified atom stereocenters. The zero-order valence-corrected chi connectivity index (χ0v) is 12.8. The Morgan fingerprint density at radius 1 is 0.923 bits per heavy atom. The monoisotopic (exact) mass is 376 g/mol. The molecule has 2 aromatic rings. The minimum absolute atomic E-state index is 0.521. The number of halogens is 6. The summed E-state index contributed by atoms with van der Waals surface area (Å²) in [5.41, 5.74) is -2.48. The molecule has 2 amide bonds. The molecule has 4 nitrogen and oxygen atoms in total. The van der Waals surface area contributed by atoms with Crippen LogP contribution in [-0.4, -0.2) is 18.4 Å². The molecule has 0 fully saturated rings. The average molecular weight is 376 g/mol. The second-order valence-electron chi connectivity index (χ2n) is 5.00. The Hall–Kier alpha value is -3.04. The first kappa shape index (κ1) is 19.3. The first-order chi connectivity index (χ1) is 12.1. The molecule has 10 heteroatoms. The molecule has 0 saturated heterocycles. The summed E-state index contributed by atoms with van der Waals surface area (Å²) >= 11 is 0. The Labute approximate surface area is 142 Å². The quantitative estimate of drug-likeness (QED) is 0.634. The van der Waals surface area contributed by atoms with Crippen LogP contribution in [0.15, 0.2) is 36.4 Å². The van der Waals surface area contributed by atoms with Crippen LogP contribution in [0.3, 0.4) is 0 Å². The largest absolute Gasteiger partial charge is 0.418 e. The third-order valence-electron chi connectivity index (χ3n) is 3.20. The molecule has 0 saturated carbocycles. The lowest BCUT2D eigenvalue weighted by Gasteiger charge is -2.13. The summed E-state index contributed by atoms with van der Waals surface area (Å²) in [4.78, 5) is 23.4. The lowest BCUT2D eigenvalue weighted by Crippen LogP contribution is -2.34. The van der Waals surface area contributed by atoms with Crippen molar-refractivity contribution in [3.05, 3.63) is 65.0 Å². The maximum Gasteiger partial charge on any atom is 0.418 e. The number of para-hydroxylation sites is 1. The maximum atomic E-state index is 13.5. The van der Waals surface area contributed by atoms with E-state index in [2.05, 4.69) is 0 Å². The van der Waals surface area contributed by atoms with E-state index in [1.54, 1.807) is 0 Å². The van der Waals surface area contributed by atoms with E-state index in [0.29, 0.717) is 12.1 Å². The zero-order chi connectivity index (χ0) is 19.5. The van der Waals surface area contributed by atoms with E-state index in [1.165, 1.54) is 6.07 Å². The van der Waals surface area contributed by atoms with Crippen molar-refractivity contribution in [2.24, 2.45) is 0 Å². The minimum atomic E-state index is -4.71.